The predicted molar refractivity (Wildman–Crippen MR) is 111 cm³/mol. The Morgan fingerprint density at radius 2 is 1.03 bits per heavy atom. The summed E-state index contributed by atoms with van der Waals surface area (Å²) in [5, 5.41) is 0. The largest absolute Gasteiger partial charge is 0.502 e. The van der Waals surface area contributed by atoms with Gasteiger partial charge in [0.1, 0.15) is 11.5 Å². The fraction of sp³-hybridized carbons (Fsp3) is 0.273. The van der Waals surface area contributed by atoms with Crippen LogP contribution in [0, 0.1) is 0 Å². The fourth-order valence-corrected chi connectivity index (χ4v) is 3.66. The average Bonchev–Trinajstić information content (AvgIpc) is 2.74. The molecule has 0 saturated carbocycles. The highest BCUT2D eigenvalue weighted by Crippen LogP contribution is 2.25. The van der Waals surface area contributed by atoms with Crippen LogP contribution in [0.3, 0.4) is 0 Å². The van der Waals surface area contributed by atoms with Gasteiger partial charge in [0.15, 0.2) is 0 Å². The third-order valence-electron chi connectivity index (χ3n) is 3.85. The molecule has 0 aliphatic carbocycles. The summed E-state index contributed by atoms with van der Waals surface area (Å²) in [5.74, 6) is 1.21. The highest BCUT2D eigenvalue weighted by molar-refractivity contribution is 7.91. The van der Waals surface area contributed by atoms with Crippen LogP contribution in [0.1, 0.15) is 12.8 Å². The van der Waals surface area contributed by atoms with Crippen molar-refractivity contribution in [3.63, 3.8) is 0 Å². The van der Waals surface area contributed by atoms with Gasteiger partial charge in [-0.1, -0.05) is 13.2 Å². The van der Waals surface area contributed by atoms with E-state index in [1.807, 2.05) is 0 Å². The summed E-state index contributed by atoms with van der Waals surface area (Å²) in [7, 11) is -3.61. The summed E-state index contributed by atoms with van der Waals surface area (Å²) in [6.07, 6.45) is 4.19. The molecule has 0 aliphatic heterocycles. The van der Waals surface area contributed by atoms with Crippen molar-refractivity contribution in [3.05, 3.63) is 74.2 Å². The topological polar surface area (TPSA) is 71.1 Å². The van der Waals surface area contributed by atoms with Crippen molar-refractivity contribution >= 4 is 9.84 Å². The van der Waals surface area contributed by atoms with Crippen LogP contribution >= 0.6 is 0 Å². The molecule has 0 heterocycles. The molecule has 156 valence electrons. The van der Waals surface area contributed by atoms with Gasteiger partial charge in [0.05, 0.1) is 48.7 Å². The lowest BCUT2D eigenvalue weighted by molar-refractivity contribution is 0.209. The summed E-state index contributed by atoms with van der Waals surface area (Å²) < 4.78 is 46.7. The van der Waals surface area contributed by atoms with E-state index in [0.29, 0.717) is 50.8 Å². The lowest BCUT2D eigenvalue weighted by Gasteiger charge is -2.09. The average molecular weight is 419 g/mol. The Labute approximate surface area is 172 Å². The number of hydrogen-bond donors (Lipinski definition) is 0. The third kappa shape index (κ3) is 7.19. The normalized spacial score (nSPS) is 10.8. The van der Waals surface area contributed by atoms with Gasteiger partial charge in [0, 0.05) is 12.8 Å². The minimum Gasteiger partial charge on any atom is -0.502 e. The van der Waals surface area contributed by atoms with Gasteiger partial charge in [-0.25, -0.2) is 8.42 Å². The number of sulfone groups is 1. The van der Waals surface area contributed by atoms with Gasteiger partial charge in [-0.2, -0.15) is 0 Å². The van der Waals surface area contributed by atoms with Gasteiger partial charge in [-0.05, 0) is 48.5 Å². The molecule has 0 aliphatic rings. The maximum atomic E-state index is 12.8. The summed E-state index contributed by atoms with van der Waals surface area (Å²) in [6.45, 7) is 8.93. The molecule has 0 saturated heterocycles. The summed E-state index contributed by atoms with van der Waals surface area (Å²) in [4.78, 5) is 0.408. The first-order chi connectivity index (χ1) is 14.1. The third-order valence-corrected chi connectivity index (χ3v) is 5.64. The molecule has 0 aromatic heterocycles. The first-order valence-corrected chi connectivity index (χ1v) is 10.7. The molecule has 29 heavy (non-hydrogen) atoms. The van der Waals surface area contributed by atoms with Crippen LogP contribution in [-0.4, -0.2) is 34.8 Å². The standard InChI is InChI=1S/C22H26O6S/c1-3-25-15-5-17-27-19-7-11-21(12-8-19)29(23,24)22-13-9-20(10-14-22)28-18-6-16-26-4-2/h3-4,7-14H,1-2,5-6,15-18H2. The van der Waals surface area contributed by atoms with Gasteiger partial charge in [0.2, 0.25) is 9.84 Å². The Balaban J connectivity index is 1.92. The Hall–Kier alpha value is -2.93. The van der Waals surface area contributed by atoms with Gasteiger partial charge < -0.3 is 18.9 Å². The van der Waals surface area contributed by atoms with Crippen molar-refractivity contribution in [2.45, 2.75) is 22.6 Å². The first-order valence-electron chi connectivity index (χ1n) is 9.24. The van der Waals surface area contributed by atoms with E-state index in [2.05, 4.69) is 13.2 Å². The van der Waals surface area contributed by atoms with Gasteiger partial charge in [0.25, 0.3) is 0 Å². The molecule has 0 bridgehead atoms. The smallest absolute Gasteiger partial charge is 0.206 e. The van der Waals surface area contributed by atoms with Crippen LogP contribution in [-0.2, 0) is 19.3 Å². The Morgan fingerprint density at radius 1 is 0.655 bits per heavy atom. The molecule has 2 aromatic rings. The maximum absolute atomic E-state index is 12.8. The van der Waals surface area contributed by atoms with Crippen LogP contribution in [0.2, 0.25) is 0 Å². The second-order valence-electron chi connectivity index (χ2n) is 5.93. The van der Waals surface area contributed by atoms with Crippen LogP contribution in [0.4, 0.5) is 0 Å². The van der Waals surface area contributed by atoms with Crippen molar-refractivity contribution < 1.29 is 27.4 Å². The van der Waals surface area contributed by atoms with E-state index in [0.717, 1.165) is 0 Å². The van der Waals surface area contributed by atoms with Crippen molar-refractivity contribution in [3.8, 4) is 11.5 Å². The van der Waals surface area contributed by atoms with Gasteiger partial charge in [-0.15, -0.1) is 0 Å². The number of rotatable bonds is 14. The lowest BCUT2D eigenvalue weighted by Crippen LogP contribution is -2.04. The van der Waals surface area contributed by atoms with Crippen molar-refractivity contribution in [2.75, 3.05) is 26.4 Å². The molecule has 0 N–H and O–H groups in total. The minimum atomic E-state index is -3.61. The number of benzene rings is 2. The summed E-state index contributed by atoms with van der Waals surface area (Å²) in [5.41, 5.74) is 0. The SMILES string of the molecule is C=COCCCOc1ccc(S(=O)(=O)c2ccc(OCCCOC=C)cc2)cc1. The van der Waals surface area contributed by atoms with E-state index in [4.69, 9.17) is 18.9 Å². The summed E-state index contributed by atoms with van der Waals surface area (Å²) in [6, 6.07) is 12.7. The molecule has 0 fully saturated rings. The van der Waals surface area contributed by atoms with E-state index < -0.39 is 9.84 Å². The Kier molecular flexibility index (Phi) is 9.11. The monoisotopic (exact) mass is 418 g/mol. The first kappa shape index (κ1) is 22.4. The van der Waals surface area contributed by atoms with Crippen LogP contribution in [0.25, 0.3) is 0 Å². The molecule has 0 spiro atoms. The molecular weight excluding hydrogens is 392 g/mol. The second-order valence-corrected chi connectivity index (χ2v) is 7.87. The maximum Gasteiger partial charge on any atom is 0.206 e. The van der Waals surface area contributed by atoms with Crippen molar-refractivity contribution in [1.29, 1.82) is 0 Å². The molecular formula is C22H26O6S. The highest BCUT2D eigenvalue weighted by Gasteiger charge is 2.17. The molecule has 0 amide bonds. The Bertz CT molecular complexity index is 790. The van der Waals surface area contributed by atoms with Crippen molar-refractivity contribution in [1.82, 2.24) is 0 Å². The quantitative estimate of drug-likeness (QED) is 0.335. The predicted octanol–water partition coefficient (Wildman–Crippen LogP) is 4.38. The fourth-order valence-electron chi connectivity index (χ4n) is 2.40. The Morgan fingerprint density at radius 3 is 1.38 bits per heavy atom. The highest BCUT2D eigenvalue weighted by atomic mass is 32.2. The van der Waals surface area contributed by atoms with E-state index in [9.17, 15) is 8.42 Å². The van der Waals surface area contributed by atoms with Crippen molar-refractivity contribution in [2.24, 2.45) is 0 Å². The van der Waals surface area contributed by atoms with E-state index in [-0.39, 0.29) is 9.79 Å². The molecule has 2 rings (SSSR count). The lowest BCUT2D eigenvalue weighted by atomic mass is 10.3. The molecule has 7 heteroatoms. The van der Waals surface area contributed by atoms with E-state index >= 15 is 0 Å². The van der Waals surface area contributed by atoms with Gasteiger partial charge >= 0.3 is 0 Å². The van der Waals surface area contributed by atoms with E-state index in [1.54, 1.807) is 24.3 Å². The van der Waals surface area contributed by atoms with Crippen LogP contribution in [0.5, 0.6) is 11.5 Å². The summed E-state index contributed by atoms with van der Waals surface area (Å²) >= 11 is 0. The number of hydrogen-bond acceptors (Lipinski definition) is 6. The van der Waals surface area contributed by atoms with Crippen LogP contribution in [0.15, 0.2) is 84.0 Å². The van der Waals surface area contributed by atoms with Gasteiger partial charge in [-0.3, -0.25) is 0 Å². The molecule has 0 atom stereocenters. The van der Waals surface area contributed by atoms with E-state index in [1.165, 1.54) is 36.8 Å². The number of ether oxygens (including phenoxy) is 4. The molecule has 2 aromatic carbocycles. The minimum absolute atomic E-state index is 0.204. The second kappa shape index (κ2) is 11.8. The molecule has 0 radical (unpaired) electrons. The zero-order chi connectivity index (χ0) is 21.0. The van der Waals surface area contributed by atoms with Crippen LogP contribution < -0.4 is 9.47 Å². The zero-order valence-corrected chi connectivity index (χ0v) is 17.1. The molecule has 0 unspecified atom stereocenters. The zero-order valence-electron chi connectivity index (χ0n) is 16.3. The molecule has 6 nitrogen and oxygen atoms in total.